The van der Waals surface area contributed by atoms with E-state index >= 15 is 0 Å². The largest absolute Gasteiger partial charge is 0.480 e. The van der Waals surface area contributed by atoms with Crippen LogP contribution >= 0.6 is 0 Å². The standard InChI is InChI=1S/C12H11F2NO3/c13-10(14)11(16)15-6-8-4-2-1-3-7(8)5-9(15)12(17)18/h1-4,9-10H,5-6H2,(H,17,18)/t9-/m1/s1. The Balaban J connectivity index is 2.34. The van der Waals surface area contributed by atoms with Crippen LogP contribution in [0.4, 0.5) is 8.78 Å². The van der Waals surface area contributed by atoms with Crippen molar-refractivity contribution >= 4 is 11.9 Å². The second kappa shape index (κ2) is 4.72. The molecule has 1 heterocycles. The minimum absolute atomic E-state index is 0.0595. The molecule has 1 aliphatic heterocycles. The summed E-state index contributed by atoms with van der Waals surface area (Å²) >= 11 is 0. The van der Waals surface area contributed by atoms with Crippen molar-refractivity contribution in [1.29, 1.82) is 0 Å². The zero-order valence-electron chi connectivity index (χ0n) is 9.35. The highest BCUT2D eigenvalue weighted by Crippen LogP contribution is 2.24. The molecule has 0 saturated heterocycles. The summed E-state index contributed by atoms with van der Waals surface area (Å²) in [6.07, 6.45) is -3.12. The molecular formula is C12H11F2NO3. The van der Waals surface area contributed by atoms with E-state index in [1.807, 2.05) is 0 Å². The first kappa shape index (κ1) is 12.5. The first-order valence-corrected chi connectivity index (χ1v) is 5.39. The molecule has 1 atom stereocenters. The number of alkyl halides is 2. The molecular weight excluding hydrogens is 244 g/mol. The summed E-state index contributed by atoms with van der Waals surface area (Å²) in [7, 11) is 0. The summed E-state index contributed by atoms with van der Waals surface area (Å²) in [5.41, 5.74) is 1.49. The number of fused-ring (bicyclic) bond motifs is 1. The first-order chi connectivity index (χ1) is 8.50. The van der Waals surface area contributed by atoms with E-state index < -0.39 is 24.3 Å². The molecule has 96 valence electrons. The molecule has 0 radical (unpaired) electrons. The second-order valence-corrected chi connectivity index (χ2v) is 4.09. The summed E-state index contributed by atoms with van der Waals surface area (Å²) in [6.45, 7) is -0.0870. The van der Waals surface area contributed by atoms with E-state index in [9.17, 15) is 18.4 Å². The molecule has 2 rings (SSSR count). The molecule has 0 unspecified atom stereocenters. The lowest BCUT2D eigenvalue weighted by Crippen LogP contribution is -2.50. The Hall–Kier alpha value is -1.98. The molecule has 1 N–H and O–H groups in total. The highest BCUT2D eigenvalue weighted by Gasteiger charge is 2.37. The van der Waals surface area contributed by atoms with Crippen molar-refractivity contribution in [2.45, 2.75) is 25.4 Å². The van der Waals surface area contributed by atoms with Crippen molar-refractivity contribution in [3.8, 4) is 0 Å². The number of nitrogens with zero attached hydrogens (tertiary/aromatic N) is 1. The van der Waals surface area contributed by atoms with Gasteiger partial charge in [-0.3, -0.25) is 4.79 Å². The van der Waals surface area contributed by atoms with E-state index in [1.165, 1.54) is 0 Å². The molecule has 1 aromatic rings. The van der Waals surface area contributed by atoms with Crippen molar-refractivity contribution in [3.63, 3.8) is 0 Å². The van der Waals surface area contributed by atoms with Crippen molar-refractivity contribution in [3.05, 3.63) is 35.4 Å². The van der Waals surface area contributed by atoms with Gasteiger partial charge >= 0.3 is 12.4 Å². The van der Waals surface area contributed by atoms with E-state index in [1.54, 1.807) is 24.3 Å². The first-order valence-electron chi connectivity index (χ1n) is 5.39. The van der Waals surface area contributed by atoms with Gasteiger partial charge in [-0.2, -0.15) is 8.78 Å². The lowest BCUT2D eigenvalue weighted by Gasteiger charge is -2.34. The molecule has 1 amide bonds. The third kappa shape index (κ3) is 2.18. The Morgan fingerprint density at radius 1 is 1.28 bits per heavy atom. The summed E-state index contributed by atoms with van der Waals surface area (Å²) in [5, 5.41) is 9.03. The molecule has 1 aliphatic rings. The number of hydrogen-bond acceptors (Lipinski definition) is 2. The number of carboxylic acids is 1. The zero-order chi connectivity index (χ0) is 13.3. The molecule has 1 aromatic carbocycles. The number of benzene rings is 1. The van der Waals surface area contributed by atoms with Gasteiger partial charge in [-0.05, 0) is 11.1 Å². The van der Waals surface area contributed by atoms with Crippen LogP contribution in [0.3, 0.4) is 0 Å². The average Bonchev–Trinajstić information content (AvgIpc) is 2.36. The fourth-order valence-corrected chi connectivity index (χ4v) is 2.10. The highest BCUT2D eigenvalue weighted by atomic mass is 19.3. The quantitative estimate of drug-likeness (QED) is 0.866. The number of carboxylic acid groups (broad SMARTS) is 1. The maximum Gasteiger partial charge on any atom is 0.326 e. The Kier molecular flexibility index (Phi) is 3.27. The van der Waals surface area contributed by atoms with Gasteiger partial charge in [0.2, 0.25) is 0 Å². The second-order valence-electron chi connectivity index (χ2n) is 4.09. The minimum Gasteiger partial charge on any atom is -0.480 e. The fraction of sp³-hybridized carbons (Fsp3) is 0.333. The average molecular weight is 255 g/mol. The SMILES string of the molecule is O=C(O)[C@H]1Cc2ccccc2CN1C(=O)C(F)F. The molecule has 6 heteroatoms. The minimum atomic E-state index is -3.18. The zero-order valence-corrected chi connectivity index (χ0v) is 9.35. The molecule has 0 saturated carbocycles. The predicted molar refractivity (Wildman–Crippen MR) is 58.1 cm³/mol. The lowest BCUT2D eigenvalue weighted by atomic mass is 9.94. The molecule has 0 fully saturated rings. The third-order valence-corrected chi connectivity index (χ3v) is 3.00. The molecule has 0 aromatic heterocycles. The van der Waals surface area contributed by atoms with Crippen LogP contribution in [0.5, 0.6) is 0 Å². The van der Waals surface area contributed by atoms with Crippen LogP contribution in [0.2, 0.25) is 0 Å². The predicted octanol–water partition coefficient (Wildman–Crippen LogP) is 1.29. The van der Waals surface area contributed by atoms with Crippen LogP contribution in [-0.4, -0.2) is 34.4 Å². The van der Waals surface area contributed by atoms with Gasteiger partial charge in [-0.15, -0.1) is 0 Å². The van der Waals surface area contributed by atoms with Crippen LogP contribution in [0, 0.1) is 0 Å². The van der Waals surface area contributed by atoms with E-state index in [0.717, 1.165) is 10.5 Å². The number of halogens is 2. The van der Waals surface area contributed by atoms with Crippen molar-refractivity contribution < 1.29 is 23.5 Å². The number of carbonyl (C=O) groups excluding carboxylic acids is 1. The van der Waals surface area contributed by atoms with Crippen LogP contribution < -0.4 is 0 Å². The Bertz CT molecular complexity index is 490. The maximum atomic E-state index is 12.4. The summed E-state index contributed by atoms with van der Waals surface area (Å²) in [6, 6.07) is 5.71. The van der Waals surface area contributed by atoms with E-state index in [0.29, 0.717) is 5.56 Å². The summed E-state index contributed by atoms with van der Waals surface area (Å²) < 4.78 is 24.9. The van der Waals surface area contributed by atoms with Crippen LogP contribution in [0.15, 0.2) is 24.3 Å². The Labute approximate surface area is 102 Å². The van der Waals surface area contributed by atoms with Crippen molar-refractivity contribution in [2.75, 3.05) is 0 Å². The molecule has 18 heavy (non-hydrogen) atoms. The van der Waals surface area contributed by atoms with Gasteiger partial charge in [0.1, 0.15) is 6.04 Å². The van der Waals surface area contributed by atoms with Crippen molar-refractivity contribution in [1.82, 2.24) is 4.90 Å². The van der Waals surface area contributed by atoms with Gasteiger partial charge in [0.05, 0.1) is 0 Å². The summed E-state index contributed by atoms with van der Waals surface area (Å²) in [5.74, 6) is -2.70. The number of aliphatic carboxylic acids is 1. The van der Waals surface area contributed by atoms with Crippen LogP contribution in [-0.2, 0) is 22.6 Å². The van der Waals surface area contributed by atoms with Gasteiger partial charge in [0.15, 0.2) is 0 Å². The summed E-state index contributed by atoms with van der Waals surface area (Å²) in [4.78, 5) is 23.1. The molecule has 0 spiro atoms. The van der Waals surface area contributed by atoms with Crippen molar-refractivity contribution in [2.24, 2.45) is 0 Å². The lowest BCUT2D eigenvalue weighted by molar-refractivity contribution is -0.157. The van der Waals surface area contributed by atoms with Gasteiger partial charge in [-0.25, -0.2) is 4.79 Å². The fourth-order valence-electron chi connectivity index (χ4n) is 2.10. The highest BCUT2D eigenvalue weighted by molar-refractivity contribution is 5.86. The van der Waals surface area contributed by atoms with E-state index in [4.69, 9.17) is 5.11 Å². The number of amides is 1. The normalized spacial score (nSPS) is 18.6. The van der Waals surface area contributed by atoms with E-state index in [2.05, 4.69) is 0 Å². The van der Waals surface area contributed by atoms with E-state index in [-0.39, 0.29) is 13.0 Å². The third-order valence-electron chi connectivity index (χ3n) is 3.00. The number of carbonyl (C=O) groups is 2. The van der Waals surface area contributed by atoms with Gasteiger partial charge in [0, 0.05) is 13.0 Å². The van der Waals surface area contributed by atoms with Crippen LogP contribution in [0.1, 0.15) is 11.1 Å². The maximum absolute atomic E-state index is 12.4. The number of rotatable bonds is 2. The molecule has 0 bridgehead atoms. The Morgan fingerprint density at radius 3 is 2.44 bits per heavy atom. The topological polar surface area (TPSA) is 57.6 Å². The van der Waals surface area contributed by atoms with Gasteiger partial charge < -0.3 is 10.0 Å². The molecule has 0 aliphatic carbocycles. The number of hydrogen-bond donors (Lipinski definition) is 1. The monoisotopic (exact) mass is 255 g/mol. The van der Waals surface area contributed by atoms with Gasteiger partial charge in [-0.1, -0.05) is 24.3 Å². The van der Waals surface area contributed by atoms with Crippen LogP contribution in [0.25, 0.3) is 0 Å². The Morgan fingerprint density at radius 2 is 1.89 bits per heavy atom. The smallest absolute Gasteiger partial charge is 0.326 e. The molecule has 4 nitrogen and oxygen atoms in total. The van der Waals surface area contributed by atoms with Gasteiger partial charge in [0.25, 0.3) is 5.91 Å².